The molecule has 0 bridgehead atoms. The van der Waals surface area contributed by atoms with Gasteiger partial charge in [0.15, 0.2) is 21.6 Å². The lowest BCUT2D eigenvalue weighted by atomic mass is 9.91. The highest BCUT2D eigenvalue weighted by molar-refractivity contribution is 7.80. The number of benzene rings is 4. The van der Waals surface area contributed by atoms with Gasteiger partial charge in [0.2, 0.25) is 0 Å². The normalized spacial score (nSPS) is 17.8. The summed E-state index contributed by atoms with van der Waals surface area (Å²) >= 11 is 12.2. The molecule has 4 aromatic carbocycles. The van der Waals surface area contributed by atoms with Crippen molar-refractivity contribution in [2.75, 3.05) is 0 Å². The Morgan fingerprint density at radius 1 is 0.412 bits per heavy atom. The molecule has 4 nitrogen and oxygen atoms in total. The van der Waals surface area contributed by atoms with E-state index in [0.29, 0.717) is 10.2 Å². The van der Waals surface area contributed by atoms with Gasteiger partial charge in [0, 0.05) is 22.3 Å². The summed E-state index contributed by atoms with van der Waals surface area (Å²) in [5.74, 6) is 0. The molecule has 0 atom stereocenters. The van der Waals surface area contributed by atoms with Gasteiger partial charge in [-0.3, -0.25) is 0 Å². The minimum absolute atomic E-state index is 0.591. The Bertz CT molecular complexity index is 1160. The van der Waals surface area contributed by atoms with Crippen LogP contribution in [0.25, 0.3) is 0 Å². The van der Waals surface area contributed by atoms with Crippen molar-refractivity contribution in [3.8, 4) is 0 Å². The first-order chi connectivity index (χ1) is 16.7. The summed E-state index contributed by atoms with van der Waals surface area (Å²) in [5.41, 5.74) is 2.60. The highest BCUT2D eigenvalue weighted by Crippen LogP contribution is 2.49. The van der Waals surface area contributed by atoms with Crippen LogP contribution >= 0.6 is 24.4 Å². The Morgan fingerprint density at radius 2 is 0.647 bits per heavy atom. The number of rotatable bonds is 4. The van der Waals surface area contributed by atoms with Crippen molar-refractivity contribution in [3.63, 3.8) is 0 Å². The topological polar surface area (TPSA) is 30.5 Å². The van der Waals surface area contributed by atoms with E-state index in [4.69, 9.17) is 24.4 Å². The fourth-order valence-electron chi connectivity index (χ4n) is 5.14. The van der Waals surface area contributed by atoms with Crippen LogP contribution in [0.2, 0.25) is 0 Å². The first-order valence-corrected chi connectivity index (χ1v) is 12.0. The van der Waals surface area contributed by atoms with Crippen molar-refractivity contribution >= 4 is 34.7 Å². The first-order valence-electron chi connectivity index (χ1n) is 11.1. The largest absolute Gasteiger partial charge is 0.329 e. The van der Waals surface area contributed by atoms with Crippen LogP contribution in [0.4, 0.5) is 0 Å². The molecule has 0 spiro atoms. The average Bonchev–Trinajstić information content (AvgIpc) is 3.41. The molecule has 34 heavy (non-hydrogen) atoms. The lowest BCUT2D eigenvalue weighted by Gasteiger charge is -2.41. The van der Waals surface area contributed by atoms with Gasteiger partial charge in [0.25, 0.3) is 0 Å². The molecule has 0 saturated carbocycles. The average molecular weight is 479 g/mol. The van der Waals surface area contributed by atoms with E-state index in [1.807, 2.05) is 72.8 Å². The Morgan fingerprint density at radius 3 is 0.882 bits per heavy atom. The third-order valence-corrected chi connectivity index (χ3v) is 7.11. The molecule has 2 heterocycles. The molecule has 0 aliphatic carbocycles. The van der Waals surface area contributed by atoms with Crippen molar-refractivity contribution in [3.05, 3.63) is 144 Å². The van der Waals surface area contributed by atoms with Crippen molar-refractivity contribution in [1.82, 2.24) is 20.7 Å². The van der Waals surface area contributed by atoms with E-state index < -0.39 is 11.3 Å². The second kappa shape index (κ2) is 7.94. The van der Waals surface area contributed by atoms with E-state index in [9.17, 15) is 0 Å². The minimum Gasteiger partial charge on any atom is -0.329 e. The fourth-order valence-corrected chi connectivity index (χ4v) is 5.87. The third kappa shape index (κ3) is 2.82. The van der Waals surface area contributed by atoms with Gasteiger partial charge in [-0.05, 0) is 24.4 Å². The maximum absolute atomic E-state index is 6.08. The Kier molecular flexibility index (Phi) is 4.86. The van der Waals surface area contributed by atoms with Gasteiger partial charge >= 0.3 is 0 Å². The number of hydrogen-bond acceptors (Lipinski definition) is 2. The zero-order chi connectivity index (χ0) is 23.2. The summed E-state index contributed by atoms with van der Waals surface area (Å²) in [7, 11) is 0. The summed E-state index contributed by atoms with van der Waals surface area (Å²) in [5, 5.41) is 12.8. The zero-order valence-corrected chi connectivity index (χ0v) is 19.9. The molecule has 2 saturated heterocycles. The molecule has 2 fully saturated rings. The van der Waals surface area contributed by atoms with Gasteiger partial charge in [0.1, 0.15) is 0 Å². The SMILES string of the molecule is S=C1NC(c2ccccc2)(c2ccccc2)N2C(=S)NC(c3ccccc3)(c3ccccc3)N12. The van der Waals surface area contributed by atoms with Crippen molar-refractivity contribution in [1.29, 1.82) is 0 Å². The van der Waals surface area contributed by atoms with E-state index in [1.54, 1.807) is 0 Å². The van der Waals surface area contributed by atoms with E-state index >= 15 is 0 Å². The highest BCUT2D eigenvalue weighted by atomic mass is 32.1. The van der Waals surface area contributed by atoms with Crippen LogP contribution in [0.3, 0.4) is 0 Å². The standard InChI is InChI=1S/C28H22N4S2/c33-25-29-27(21-13-5-1-6-14-21,22-15-7-2-8-16-22)31-26(34)30-28(32(25)31,23-17-9-3-10-18-23)24-19-11-4-12-20-24/h1-20H,(H,29,33)(H,30,34). The molecule has 6 heteroatoms. The molecular weight excluding hydrogens is 456 g/mol. The number of hydrazine groups is 1. The van der Waals surface area contributed by atoms with Crippen molar-refractivity contribution < 1.29 is 0 Å². The van der Waals surface area contributed by atoms with Gasteiger partial charge in [-0.15, -0.1) is 0 Å². The van der Waals surface area contributed by atoms with Crippen LogP contribution in [0, 0.1) is 0 Å². The van der Waals surface area contributed by atoms with E-state index in [0.717, 1.165) is 22.3 Å². The molecule has 0 unspecified atom stereocenters. The van der Waals surface area contributed by atoms with Crippen molar-refractivity contribution in [2.45, 2.75) is 11.3 Å². The summed E-state index contributed by atoms with van der Waals surface area (Å²) in [6.07, 6.45) is 0. The lowest BCUT2D eigenvalue weighted by Crippen LogP contribution is -2.53. The number of nitrogens with one attached hydrogen (secondary N) is 2. The number of fused-ring (bicyclic) bond motifs is 1. The molecule has 0 amide bonds. The Balaban J connectivity index is 1.64. The van der Waals surface area contributed by atoms with Crippen LogP contribution in [-0.2, 0) is 11.3 Å². The summed E-state index contributed by atoms with van der Waals surface area (Å²) in [6.45, 7) is 0. The predicted octanol–water partition coefficient (Wildman–Crippen LogP) is 5.08. The number of hydrogen-bond donors (Lipinski definition) is 2. The smallest absolute Gasteiger partial charge is 0.193 e. The fraction of sp³-hybridized carbons (Fsp3) is 0.0714. The molecule has 0 aromatic heterocycles. The molecule has 2 aliphatic heterocycles. The highest BCUT2D eigenvalue weighted by Gasteiger charge is 2.63. The van der Waals surface area contributed by atoms with Crippen LogP contribution in [-0.4, -0.2) is 20.2 Å². The van der Waals surface area contributed by atoms with Gasteiger partial charge in [-0.25, -0.2) is 10.0 Å². The van der Waals surface area contributed by atoms with Gasteiger partial charge < -0.3 is 10.6 Å². The molecule has 4 aromatic rings. The molecule has 2 aliphatic rings. The maximum atomic E-state index is 6.08. The van der Waals surface area contributed by atoms with Crippen molar-refractivity contribution in [2.24, 2.45) is 0 Å². The monoisotopic (exact) mass is 478 g/mol. The third-order valence-electron chi connectivity index (χ3n) is 6.56. The summed E-state index contributed by atoms with van der Waals surface area (Å²) in [4.78, 5) is 0. The number of thiocarbonyl (C=S) groups is 2. The van der Waals surface area contributed by atoms with Crippen LogP contribution in [0.5, 0.6) is 0 Å². The zero-order valence-electron chi connectivity index (χ0n) is 18.3. The van der Waals surface area contributed by atoms with Crippen LogP contribution < -0.4 is 10.6 Å². The summed E-state index contributed by atoms with van der Waals surface area (Å²) in [6, 6.07) is 41.3. The molecule has 0 radical (unpaired) electrons. The van der Waals surface area contributed by atoms with Crippen LogP contribution in [0.1, 0.15) is 22.3 Å². The van der Waals surface area contributed by atoms with Gasteiger partial charge in [-0.1, -0.05) is 121 Å². The Hall–Kier alpha value is -3.74. The molecule has 2 N–H and O–H groups in total. The predicted molar refractivity (Wildman–Crippen MR) is 142 cm³/mol. The summed E-state index contributed by atoms with van der Waals surface area (Å²) < 4.78 is 0. The second-order valence-corrected chi connectivity index (χ2v) is 9.14. The van der Waals surface area contributed by atoms with E-state index in [-0.39, 0.29) is 0 Å². The lowest BCUT2D eigenvalue weighted by molar-refractivity contribution is 0.0318. The quantitative estimate of drug-likeness (QED) is 0.398. The van der Waals surface area contributed by atoms with E-state index in [1.165, 1.54) is 0 Å². The first kappa shape index (κ1) is 20.8. The molecule has 166 valence electrons. The minimum atomic E-state index is -0.797. The van der Waals surface area contributed by atoms with E-state index in [2.05, 4.69) is 69.2 Å². The number of nitrogens with zero attached hydrogens (tertiary/aromatic N) is 2. The second-order valence-electron chi connectivity index (χ2n) is 8.37. The van der Waals surface area contributed by atoms with Crippen LogP contribution in [0.15, 0.2) is 121 Å². The Labute approximate surface area is 209 Å². The van der Waals surface area contributed by atoms with Gasteiger partial charge in [0.05, 0.1) is 0 Å². The van der Waals surface area contributed by atoms with Gasteiger partial charge in [-0.2, -0.15) is 0 Å². The molecular formula is C28H22N4S2. The maximum Gasteiger partial charge on any atom is 0.193 e. The molecule has 6 rings (SSSR count).